The normalized spacial score (nSPS) is 17.4. The van der Waals surface area contributed by atoms with Gasteiger partial charge in [0.2, 0.25) is 0 Å². The van der Waals surface area contributed by atoms with Gasteiger partial charge in [-0.25, -0.2) is 4.39 Å². The van der Waals surface area contributed by atoms with Crippen LogP contribution in [0, 0.1) is 0 Å². The Balaban J connectivity index is 2.57. The Bertz CT molecular complexity index is 141. The van der Waals surface area contributed by atoms with Crippen LogP contribution in [0.2, 0.25) is 0 Å². The summed E-state index contributed by atoms with van der Waals surface area (Å²) >= 11 is 1.43. The van der Waals surface area contributed by atoms with E-state index >= 15 is 0 Å². The quantitative estimate of drug-likeness (QED) is 0.580. The first-order chi connectivity index (χ1) is 3.80. The highest BCUT2D eigenvalue weighted by Gasteiger charge is 2.05. The van der Waals surface area contributed by atoms with E-state index in [-0.39, 0.29) is 5.83 Å². The van der Waals surface area contributed by atoms with Gasteiger partial charge in [0.05, 0.1) is 10.8 Å². The smallest absolute Gasteiger partial charge is 0.131 e. The maximum absolute atomic E-state index is 12.1. The van der Waals surface area contributed by atoms with Gasteiger partial charge in [0.15, 0.2) is 0 Å². The monoisotopic (exact) mass is 131 g/mol. The molecule has 1 N–H and O–H groups in total. The van der Waals surface area contributed by atoms with E-state index in [2.05, 4.69) is 11.9 Å². The van der Waals surface area contributed by atoms with E-state index < -0.39 is 0 Å². The van der Waals surface area contributed by atoms with Crippen LogP contribution in [0.25, 0.3) is 0 Å². The van der Waals surface area contributed by atoms with Gasteiger partial charge in [-0.3, -0.25) is 0 Å². The van der Waals surface area contributed by atoms with Crippen molar-refractivity contribution in [3.05, 3.63) is 23.5 Å². The first-order valence-electron chi connectivity index (χ1n) is 2.22. The lowest BCUT2D eigenvalue weighted by molar-refractivity contribution is 0.667. The van der Waals surface area contributed by atoms with Crippen LogP contribution >= 0.6 is 11.8 Å². The van der Waals surface area contributed by atoms with E-state index in [1.165, 1.54) is 11.8 Å². The van der Waals surface area contributed by atoms with Gasteiger partial charge in [0.25, 0.3) is 0 Å². The fourth-order valence-electron chi connectivity index (χ4n) is 0.452. The molecule has 0 atom stereocenters. The molecule has 1 aliphatic rings. The summed E-state index contributed by atoms with van der Waals surface area (Å²) in [6, 6.07) is 0. The number of halogens is 1. The zero-order valence-electron chi connectivity index (χ0n) is 4.28. The summed E-state index contributed by atoms with van der Waals surface area (Å²) in [6.45, 7) is 3.14. The molecule has 0 bridgehead atoms. The van der Waals surface area contributed by atoms with Crippen LogP contribution in [0.5, 0.6) is 0 Å². The van der Waals surface area contributed by atoms with Crippen LogP contribution in [0.3, 0.4) is 0 Å². The van der Waals surface area contributed by atoms with Crippen LogP contribution in [-0.4, -0.2) is 5.88 Å². The fraction of sp³-hybridized carbons (Fsp3) is 0.200. The molecule has 0 spiro atoms. The number of rotatable bonds is 1. The second-order valence-electron chi connectivity index (χ2n) is 1.41. The van der Waals surface area contributed by atoms with Crippen molar-refractivity contribution in [1.29, 1.82) is 0 Å². The standard InChI is InChI=1S/C5H6FNS/c1-4(6)5-2-7-3-8-5/h2,7H,1,3H2. The van der Waals surface area contributed by atoms with Crippen LogP contribution < -0.4 is 5.32 Å². The van der Waals surface area contributed by atoms with Crippen LogP contribution in [-0.2, 0) is 0 Å². The molecule has 0 saturated carbocycles. The molecule has 0 aliphatic carbocycles. The van der Waals surface area contributed by atoms with Gasteiger partial charge in [-0.05, 0) is 0 Å². The highest BCUT2D eigenvalue weighted by Crippen LogP contribution is 2.25. The van der Waals surface area contributed by atoms with Gasteiger partial charge in [0.1, 0.15) is 5.83 Å². The maximum atomic E-state index is 12.1. The van der Waals surface area contributed by atoms with E-state index in [1.54, 1.807) is 6.20 Å². The molecule has 0 aromatic carbocycles. The largest absolute Gasteiger partial charge is 0.381 e. The van der Waals surface area contributed by atoms with E-state index in [4.69, 9.17) is 0 Å². The minimum absolute atomic E-state index is 0.347. The molecule has 3 heteroatoms. The topological polar surface area (TPSA) is 12.0 Å². The number of thioether (sulfide) groups is 1. The molecule has 0 amide bonds. The van der Waals surface area contributed by atoms with Gasteiger partial charge in [-0.15, -0.1) is 11.8 Å². The molecule has 1 heterocycles. The number of hydrogen-bond donors (Lipinski definition) is 1. The van der Waals surface area contributed by atoms with Gasteiger partial charge in [-0.1, -0.05) is 6.58 Å². The van der Waals surface area contributed by atoms with Crippen molar-refractivity contribution < 1.29 is 4.39 Å². The van der Waals surface area contributed by atoms with Crippen molar-refractivity contribution in [2.75, 3.05) is 5.88 Å². The summed E-state index contributed by atoms with van der Waals surface area (Å²) in [6.07, 6.45) is 1.63. The van der Waals surface area contributed by atoms with Crippen molar-refractivity contribution in [1.82, 2.24) is 5.32 Å². The molecule has 1 rings (SSSR count). The lowest BCUT2D eigenvalue weighted by Gasteiger charge is -1.88. The van der Waals surface area contributed by atoms with Gasteiger partial charge >= 0.3 is 0 Å². The van der Waals surface area contributed by atoms with Crippen molar-refractivity contribution in [2.45, 2.75) is 0 Å². The molecule has 1 aliphatic heterocycles. The van der Waals surface area contributed by atoms with Gasteiger partial charge in [-0.2, -0.15) is 0 Å². The minimum Gasteiger partial charge on any atom is -0.381 e. The second-order valence-corrected chi connectivity index (χ2v) is 2.42. The third kappa shape index (κ3) is 1.04. The number of nitrogens with one attached hydrogen (secondary N) is 1. The van der Waals surface area contributed by atoms with Crippen LogP contribution in [0.1, 0.15) is 0 Å². The average molecular weight is 131 g/mol. The molecule has 0 unspecified atom stereocenters. The van der Waals surface area contributed by atoms with Crippen molar-refractivity contribution in [3.63, 3.8) is 0 Å². The summed E-state index contributed by atoms with van der Waals surface area (Å²) in [5, 5.41) is 2.85. The molecule has 0 radical (unpaired) electrons. The molecular weight excluding hydrogens is 125 g/mol. The highest BCUT2D eigenvalue weighted by molar-refractivity contribution is 8.03. The summed E-state index contributed by atoms with van der Waals surface area (Å²) in [5.41, 5.74) is 0. The Kier molecular flexibility index (Phi) is 1.58. The predicted molar refractivity (Wildman–Crippen MR) is 33.9 cm³/mol. The van der Waals surface area contributed by atoms with E-state index in [1.807, 2.05) is 0 Å². The second kappa shape index (κ2) is 2.22. The first kappa shape index (κ1) is 5.69. The predicted octanol–water partition coefficient (Wildman–Crippen LogP) is 1.60. The van der Waals surface area contributed by atoms with Gasteiger partial charge < -0.3 is 5.32 Å². The Morgan fingerprint density at radius 2 is 2.75 bits per heavy atom. The molecule has 0 fully saturated rings. The number of hydrogen-bond acceptors (Lipinski definition) is 2. The van der Waals surface area contributed by atoms with Crippen molar-refractivity contribution in [2.24, 2.45) is 0 Å². The Morgan fingerprint density at radius 3 is 3.00 bits per heavy atom. The lowest BCUT2D eigenvalue weighted by Crippen LogP contribution is -1.93. The van der Waals surface area contributed by atoms with E-state index in [9.17, 15) is 4.39 Å². The summed E-state index contributed by atoms with van der Waals surface area (Å²) in [5.74, 6) is 0.415. The van der Waals surface area contributed by atoms with E-state index in [0.717, 1.165) is 5.88 Å². The minimum atomic E-state index is -0.347. The summed E-state index contributed by atoms with van der Waals surface area (Å²) in [4.78, 5) is 0.616. The summed E-state index contributed by atoms with van der Waals surface area (Å²) in [7, 11) is 0. The van der Waals surface area contributed by atoms with Gasteiger partial charge in [0, 0.05) is 6.20 Å². The number of allylic oxidation sites excluding steroid dienone is 1. The zero-order valence-corrected chi connectivity index (χ0v) is 5.09. The molecule has 8 heavy (non-hydrogen) atoms. The molecule has 1 nitrogen and oxygen atoms in total. The average Bonchev–Trinajstić information content (AvgIpc) is 2.12. The zero-order chi connectivity index (χ0) is 5.98. The summed E-state index contributed by atoms with van der Waals surface area (Å²) < 4.78 is 12.1. The Morgan fingerprint density at radius 1 is 2.00 bits per heavy atom. The Labute approximate surface area is 51.7 Å². The highest BCUT2D eigenvalue weighted by atomic mass is 32.2. The third-order valence-corrected chi connectivity index (χ3v) is 1.77. The lowest BCUT2D eigenvalue weighted by atomic mass is 10.5. The molecule has 44 valence electrons. The SMILES string of the molecule is C=C(F)C1=CNCS1. The molecule has 0 saturated heterocycles. The molecule has 0 aromatic heterocycles. The third-order valence-electron chi connectivity index (χ3n) is 0.812. The maximum Gasteiger partial charge on any atom is 0.131 e. The van der Waals surface area contributed by atoms with E-state index in [0.29, 0.717) is 4.91 Å². The van der Waals surface area contributed by atoms with Crippen LogP contribution in [0.15, 0.2) is 23.5 Å². The van der Waals surface area contributed by atoms with Crippen molar-refractivity contribution >= 4 is 11.8 Å². The molecular formula is C5H6FNS. The fourth-order valence-corrected chi connectivity index (χ4v) is 1.10. The first-order valence-corrected chi connectivity index (χ1v) is 3.20. The van der Waals surface area contributed by atoms with Crippen LogP contribution in [0.4, 0.5) is 4.39 Å². The van der Waals surface area contributed by atoms with Crippen molar-refractivity contribution in [3.8, 4) is 0 Å². The Hall–Kier alpha value is -0.440. The molecule has 0 aromatic rings.